The van der Waals surface area contributed by atoms with E-state index in [4.69, 9.17) is 5.11 Å². The fourth-order valence-corrected chi connectivity index (χ4v) is 2.16. The van der Waals surface area contributed by atoms with Crippen LogP contribution >= 0.6 is 11.3 Å². The molecule has 2 rings (SSSR count). The molecule has 1 aromatic carbocycles. The summed E-state index contributed by atoms with van der Waals surface area (Å²) in [6, 6.07) is 4.36. The molecule has 2 amide bonds. The molecule has 6 nitrogen and oxygen atoms in total. The first kappa shape index (κ1) is 14.0. The number of urea groups is 1. The zero-order chi connectivity index (χ0) is 14.5. The van der Waals surface area contributed by atoms with Gasteiger partial charge in [-0.2, -0.15) is 0 Å². The molecule has 0 bridgehead atoms. The number of benzene rings is 1. The molecule has 0 aliphatic rings. The molecule has 1 aromatic heterocycles. The molecule has 0 fully saturated rings. The van der Waals surface area contributed by atoms with E-state index in [0.29, 0.717) is 6.54 Å². The maximum Gasteiger partial charge on any atom is 0.337 e. The Morgan fingerprint density at radius 1 is 1.40 bits per heavy atom. The van der Waals surface area contributed by atoms with E-state index in [1.807, 2.05) is 5.38 Å². The molecular weight excluding hydrogens is 278 g/mol. The fourth-order valence-electron chi connectivity index (χ4n) is 1.61. The Morgan fingerprint density at radius 3 is 2.85 bits per heavy atom. The van der Waals surface area contributed by atoms with Crippen molar-refractivity contribution in [3.8, 4) is 0 Å². The summed E-state index contributed by atoms with van der Waals surface area (Å²) in [5.74, 6) is -1.08. The van der Waals surface area contributed by atoms with Crippen LogP contribution in [-0.4, -0.2) is 22.1 Å². The molecule has 0 unspecified atom stereocenters. The maximum absolute atomic E-state index is 11.7. The number of anilines is 1. The van der Waals surface area contributed by atoms with E-state index in [-0.39, 0.29) is 11.3 Å². The molecular formula is C13H13N3O3S. The van der Waals surface area contributed by atoms with Gasteiger partial charge in [0.25, 0.3) is 0 Å². The van der Waals surface area contributed by atoms with Crippen molar-refractivity contribution in [3.63, 3.8) is 0 Å². The minimum atomic E-state index is -1.08. The zero-order valence-electron chi connectivity index (χ0n) is 10.7. The van der Waals surface area contributed by atoms with Gasteiger partial charge in [0.1, 0.15) is 5.01 Å². The molecule has 0 aliphatic heterocycles. The predicted octanol–water partition coefficient (Wildman–Crippen LogP) is 2.47. The summed E-state index contributed by atoms with van der Waals surface area (Å²) in [6.45, 7) is 2.09. The normalized spacial score (nSPS) is 10.1. The number of hydrogen-bond acceptors (Lipinski definition) is 4. The van der Waals surface area contributed by atoms with Crippen LogP contribution in [0.1, 0.15) is 20.9 Å². The predicted molar refractivity (Wildman–Crippen MR) is 76.1 cm³/mol. The summed E-state index contributed by atoms with van der Waals surface area (Å²) >= 11 is 1.43. The molecule has 0 aliphatic carbocycles. The second-order valence-electron chi connectivity index (χ2n) is 4.09. The summed E-state index contributed by atoms with van der Waals surface area (Å²) in [7, 11) is 0. The van der Waals surface area contributed by atoms with Gasteiger partial charge in [-0.15, -0.1) is 11.3 Å². The quantitative estimate of drug-likeness (QED) is 0.807. The summed E-state index contributed by atoms with van der Waals surface area (Å²) in [4.78, 5) is 26.9. The van der Waals surface area contributed by atoms with E-state index in [1.54, 1.807) is 25.3 Å². The molecule has 2 aromatic rings. The van der Waals surface area contributed by atoms with Crippen molar-refractivity contribution in [2.24, 2.45) is 0 Å². The Bertz CT molecular complexity index is 626. The van der Waals surface area contributed by atoms with E-state index in [0.717, 1.165) is 10.6 Å². The lowest BCUT2D eigenvalue weighted by atomic mass is 10.1. The fraction of sp³-hybridized carbons (Fsp3) is 0.154. The molecule has 0 spiro atoms. The number of nitrogens with one attached hydrogen (secondary N) is 2. The number of carbonyl (C=O) groups excluding carboxylic acids is 1. The van der Waals surface area contributed by atoms with Crippen LogP contribution in [0, 0.1) is 6.92 Å². The minimum Gasteiger partial charge on any atom is -0.478 e. The lowest BCUT2D eigenvalue weighted by Crippen LogP contribution is -2.28. The average Bonchev–Trinajstić information content (AvgIpc) is 2.91. The van der Waals surface area contributed by atoms with E-state index in [1.165, 1.54) is 17.4 Å². The zero-order valence-corrected chi connectivity index (χ0v) is 11.5. The molecule has 3 N–H and O–H groups in total. The van der Waals surface area contributed by atoms with Crippen LogP contribution in [-0.2, 0) is 6.54 Å². The topological polar surface area (TPSA) is 91.3 Å². The van der Waals surface area contributed by atoms with Crippen LogP contribution in [0.15, 0.2) is 29.8 Å². The first-order valence-corrected chi connectivity index (χ1v) is 6.71. The van der Waals surface area contributed by atoms with Crippen LogP contribution in [0.25, 0.3) is 0 Å². The van der Waals surface area contributed by atoms with Crippen LogP contribution in [0.3, 0.4) is 0 Å². The van der Waals surface area contributed by atoms with Crippen molar-refractivity contribution in [1.29, 1.82) is 0 Å². The van der Waals surface area contributed by atoms with Crippen molar-refractivity contribution >= 4 is 29.0 Å². The number of aromatic nitrogens is 1. The van der Waals surface area contributed by atoms with Gasteiger partial charge in [0, 0.05) is 11.6 Å². The molecule has 1 heterocycles. The molecule has 0 saturated heterocycles. The molecule has 0 atom stereocenters. The summed E-state index contributed by atoms with van der Waals surface area (Å²) in [5.41, 5.74) is 1.14. The van der Waals surface area contributed by atoms with E-state index in [2.05, 4.69) is 15.6 Å². The number of amides is 2. The van der Waals surface area contributed by atoms with Gasteiger partial charge in [-0.25, -0.2) is 14.6 Å². The van der Waals surface area contributed by atoms with Gasteiger partial charge < -0.3 is 15.7 Å². The molecule has 7 heteroatoms. The maximum atomic E-state index is 11.7. The standard InChI is InChI=1S/C13H13N3O3S/c1-8-2-3-10(9(6-8)12(17)18)16-13(19)15-7-11-14-4-5-20-11/h2-6H,7H2,1H3,(H,17,18)(H2,15,16,19). The first-order chi connectivity index (χ1) is 9.56. The van der Waals surface area contributed by atoms with Crippen molar-refractivity contribution in [2.75, 3.05) is 5.32 Å². The van der Waals surface area contributed by atoms with E-state index < -0.39 is 12.0 Å². The number of carbonyl (C=O) groups is 2. The summed E-state index contributed by atoms with van der Waals surface area (Å²) in [6.07, 6.45) is 1.65. The largest absolute Gasteiger partial charge is 0.478 e. The Kier molecular flexibility index (Phi) is 4.31. The van der Waals surface area contributed by atoms with Gasteiger partial charge in [0.05, 0.1) is 17.8 Å². The van der Waals surface area contributed by atoms with Crippen LogP contribution < -0.4 is 10.6 Å². The van der Waals surface area contributed by atoms with Crippen LogP contribution in [0.2, 0.25) is 0 Å². The third-order valence-corrected chi connectivity index (χ3v) is 3.32. The lowest BCUT2D eigenvalue weighted by Gasteiger charge is -2.09. The molecule has 0 radical (unpaired) electrons. The lowest BCUT2D eigenvalue weighted by molar-refractivity contribution is 0.0698. The van der Waals surface area contributed by atoms with Crippen LogP contribution in [0.5, 0.6) is 0 Å². The number of aryl methyl sites for hydroxylation is 1. The van der Waals surface area contributed by atoms with Crippen LogP contribution in [0.4, 0.5) is 10.5 Å². The number of carboxylic acid groups (broad SMARTS) is 1. The Morgan fingerprint density at radius 2 is 2.20 bits per heavy atom. The molecule has 104 valence electrons. The molecule has 20 heavy (non-hydrogen) atoms. The van der Waals surface area contributed by atoms with Crippen molar-refractivity contribution in [1.82, 2.24) is 10.3 Å². The minimum absolute atomic E-state index is 0.0643. The highest BCUT2D eigenvalue weighted by Crippen LogP contribution is 2.17. The number of hydrogen-bond donors (Lipinski definition) is 3. The smallest absolute Gasteiger partial charge is 0.337 e. The van der Waals surface area contributed by atoms with Gasteiger partial charge in [0.15, 0.2) is 0 Å². The van der Waals surface area contributed by atoms with Crippen molar-refractivity contribution in [2.45, 2.75) is 13.5 Å². The SMILES string of the molecule is Cc1ccc(NC(=O)NCc2nccs2)c(C(=O)O)c1. The Balaban J connectivity index is 2.02. The van der Waals surface area contributed by atoms with Crippen molar-refractivity contribution in [3.05, 3.63) is 45.9 Å². The highest BCUT2D eigenvalue weighted by molar-refractivity contribution is 7.09. The van der Waals surface area contributed by atoms with Gasteiger partial charge in [-0.3, -0.25) is 0 Å². The third-order valence-electron chi connectivity index (χ3n) is 2.54. The number of nitrogens with zero attached hydrogens (tertiary/aromatic N) is 1. The Hall–Kier alpha value is -2.41. The summed E-state index contributed by atoms with van der Waals surface area (Å²) < 4.78 is 0. The highest BCUT2D eigenvalue weighted by atomic mass is 32.1. The number of aromatic carboxylic acids is 1. The third kappa shape index (κ3) is 3.55. The van der Waals surface area contributed by atoms with Gasteiger partial charge in [-0.1, -0.05) is 11.6 Å². The van der Waals surface area contributed by atoms with Gasteiger partial charge in [0.2, 0.25) is 0 Å². The summed E-state index contributed by atoms with van der Waals surface area (Å²) in [5, 5.41) is 16.8. The second kappa shape index (κ2) is 6.16. The number of thiazole rings is 1. The van der Waals surface area contributed by atoms with Gasteiger partial charge in [-0.05, 0) is 19.1 Å². The Labute approximate surface area is 119 Å². The van der Waals surface area contributed by atoms with Gasteiger partial charge >= 0.3 is 12.0 Å². The number of carboxylic acids is 1. The van der Waals surface area contributed by atoms with Crippen molar-refractivity contribution < 1.29 is 14.7 Å². The average molecular weight is 291 g/mol. The number of rotatable bonds is 4. The highest BCUT2D eigenvalue weighted by Gasteiger charge is 2.12. The first-order valence-electron chi connectivity index (χ1n) is 5.83. The second-order valence-corrected chi connectivity index (χ2v) is 5.07. The molecule has 0 saturated carbocycles. The monoisotopic (exact) mass is 291 g/mol. The van der Waals surface area contributed by atoms with E-state index >= 15 is 0 Å². The van der Waals surface area contributed by atoms with E-state index in [9.17, 15) is 9.59 Å².